The topological polar surface area (TPSA) is 152 Å². The first-order valence-corrected chi connectivity index (χ1v) is 20.1. The highest BCUT2D eigenvalue weighted by molar-refractivity contribution is 6.48. The number of aromatic nitrogens is 2. The monoisotopic (exact) mass is 732 g/mol. The van der Waals surface area contributed by atoms with Crippen LogP contribution in [-0.4, -0.2) is 87.4 Å². The van der Waals surface area contributed by atoms with Crippen LogP contribution in [0.15, 0.2) is 31.2 Å². The average molecular weight is 733 g/mol. The molecule has 12 nitrogen and oxygen atoms in total. The zero-order valence-corrected chi connectivity index (χ0v) is 32.9. The van der Waals surface area contributed by atoms with E-state index < -0.39 is 48.1 Å². The number of likely N-dealkylation sites (tertiary alicyclic amines) is 1. The smallest absolute Gasteiger partial charge is 0.404 e. The van der Waals surface area contributed by atoms with Gasteiger partial charge in [0.2, 0.25) is 17.7 Å². The Morgan fingerprint density at radius 3 is 2.42 bits per heavy atom. The van der Waals surface area contributed by atoms with Crippen LogP contribution in [0.4, 0.5) is 0 Å². The fourth-order valence-corrected chi connectivity index (χ4v) is 10.2. The maximum atomic E-state index is 14.8. The van der Waals surface area contributed by atoms with E-state index in [0.717, 1.165) is 38.5 Å². The molecule has 4 aliphatic carbocycles. The summed E-state index contributed by atoms with van der Waals surface area (Å²) in [7, 11) is -0.620. The number of rotatable bonds is 14. The van der Waals surface area contributed by atoms with E-state index in [1.54, 1.807) is 11.0 Å². The standard InChI is InChI=1S/C40H61BN6O6/c1-9-13-32(41-52-31-22-27-21-30(38(27,6)7)39(31,8)53-41)44-35(49)29(20-26-14-11-10-12-15-26)47-19-16-40(25(4)5,37(47)51)46-36(50)33(24(2)3)45-34(48)28-23-42-17-18-43-28/h9,17-18,23-27,29-33H,1,10-16,19-22H2,2-8H3,(H,44,49)(H,45,48)(H,46,50)/t27-,29+,30-,31?,32+,33+,39+,40?/m1/s1. The Hall–Kier alpha value is -3.32. The predicted molar refractivity (Wildman–Crippen MR) is 202 cm³/mol. The average Bonchev–Trinajstić information content (AvgIpc) is 3.66. The molecule has 8 atom stereocenters. The van der Waals surface area contributed by atoms with E-state index in [9.17, 15) is 19.2 Å². The quantitative estimate of drug-likeness (QED) is 0.185. The number of carbonyl (C=O) groups excluding carboxylic acids is 4. The van der Waals surface area contributed by atoms with Gasteiger partial charge in [-0.3, -0.25) is 24.2 Å². The third-order valence-electron chi connectivity index (χ3n) is 13.8. The Labute approximate surface area is 315 Å². The second-order valence-electron chi connectivity index (χ2n) is 17.9. The fraction of sp³-hybridized carbons (Fsp3) is 0.750. The van der Waals surface area contributed by atoms with Crippen molar-refractivity contribution in [1.82, 2.24) is 30.8 Å². The first-order valence-electron chi connectivity index (χ1n) is 20.1. The maximum absolute atomic E-state index is 14.8. The number of hydrogen-bond donors (Lipinski definition) is 3. The summed E-state index contributed by atoms with van der Waals surface area (Å²) in [6, 6.07) is -1.64. The van der Waals surface area contributed by atoms with Gasteiger partial charge in [0.15, 0.2) is 0 Å². The van der Waals surface area contributed by atoms with Crippen molar-refractivity contribution in [3.8, 4) is 0 Å². The van der Waals surface area contributed by atoms with Crippen molar-refractivity contribution >= 4 is 30.7 Å². The van der Waals surface area contributed by atoms with Crippen LogP contribution in [0.5, 0.6) is 0 Å². The van der Waals surface area contributed by atoms with Gasteiger partial charge < -0.3 is 30.2 Å². The van der Waals surface area contributed by atoms with Crippen LogP contribution in [0.2, 0.25) is 0 Å². The molecule has 6 fully saturated rings. The molecule has 4 saturated carbocycles. The first kappa shape index (κ1) is 39.4. The van der Waals surface area contributed by atoms with Crippen molar-refractivity contribution in [2.45, 2.75) is 148 Å². The molecule has 1 aromatic heterocycles. The van der Waals surface area contributed by atoms with Crippen LogP contribution in [0.1, 0.15) is 123 Å². The molecule has 0 spiro atoms. The second kappa shape index (κ2) is 15.4. The minimum absolute atomic E-state index is 0.0259. The molecule has 6 aliphatic rings. The van der Waals surface area contributed by atoms with Crippen LogP contribution in [0.25, 0.3) is 0 Å². The second-order valence-corrected chi connectivity index (χ2v) is 17.9. The summed E-state index contributed by atoms with van der Waals surface area (Å²) in [5, 5.41) is 9.19. The van der Waals surface area contributed by atoms with Gasteiger partial charge in [0.1, 0.15) is 23.3 Å². The van der Waals surface area contributed by atoms with Crippen LogP contribution in [0, 0.1) is 35.0 Å². The highest BCUT2D eigenvalue weighted by Crippen LogP contribution is 2.65. The lowest BCUT2D eigenvalue weighted by molar-refractivity contribution is -0.199. The van der Waals surface area contributed by atoms with E-state index >= 15 is 0 Å². The molecule has 2 unspecified atom stereocenters. The van der Waals surface area contributed by atoms with E-state index in [4.69, 9.17) is 9.31 Å². The summed E-state index contributed by atoms with van der Waals surface area (Å²) >= 11 is 0. The van der Waals surface area contributed by atoms with Crippen molar-refractivity contribution in [3.05, 3.63) is 36.9 Å². The molecule has 4 amide bonds. The maximum Gasteiger partial charge on any atom is 0.482 e. The molecule has 0 radical (unpaired) electrons. The lowest BCUT2D eigenvalue weighted by Gasteiger charge is -2.64. The van der Waals surface area contributed by atoms with Crippen LogP contribution < -0.4 is 16.0 Å². The van der Waals surface area contributed by atoms with E-state index in [1.807, 2.05) is 27.7 Å². The SMILES string of the molecule is C=CC[C@H](NC(=O)[C@H](CC1CCCCC1)N1CCC(NC(=O)[C@@H](NC(=O)c2cnccn2)C(C)C)(C(C)C)C1=O)B1OC2C[C@H]3C[C@H](C3(C)C)[C@]2(C)O1. The van der Waals surface area contributed by atoms with Crippen LogP contribution >= 0.6 is 0 Å². The van der Waals surface area contributed by atoms with E-state index in [1.165, 1.54) is 25.0 Å². The lowest BCUT2D eigenvalue weighted by Crippen LogP contribution is -2.65. The Balaban J connectivity index is 1.21. The van der Waals surface area contributed by atoms with Gasteiger partial charge in [0.25, 0.3) is 5.91 Å². The van der Waals surface area contributed by atoms with Gasteiger partial charge in [0.05, 0.1) is 23.8 Å². The predicted octanol–water partition coefficient (Wildman–Crippen LogP) is 4.64. The van der Waals surface area contributed by atoms with Gasteiger partial charge in [0, 0.05) is 18.9 Å². The summed E-state index contributed by atoms with van der Waals surface area (Å²) in [4.78, 5) is 66.1. The molecule has 13 heteroatoms. The van der Waals surface area contributed by atoms with Crippen molar-refractivity contribution in [2.24, 2.45) is 35.0 Å². The van der Waals surface area contributed by atoms with Gasteiger partial charge >= 0.3 is 7.12 Å². The summed E-state index contributed by atoms with van der Waals surface area (Å²) in [6.45, 7) is 18.7. The van der Waals surface area contributed by atoms with Crippen molar-refractivity contribution in [3.63, 3.8) is 0 Å². The lowest BCUT2D eigenvalue weighted by atomic mass is 9.43. The molecule has 2 aliphatic heterocycles. The van der Waals surface area contributed by atoms with Gasteiger partial charge in [-0.15, -0.1) is 6.58 Å². The van der Waals surface area contributed by atoms with E-state index in [2.05, 4.69) is 53.3 Å². The molecule has 3 heterocycles. The number of hydrogen-bond acceptors (Lipinski definition) is 8. The molecular formula is C40H61BN6O6. The Morgan fingerprint density at radius 1 is 1.06 bits per heavy atom. The van der Waals surface area contributed by atoms with E-state index in [-0.39, 0.29) is 40.9 Å². The van der Waals surface area contributed by atoms with Gasteiger partial charge in [-0.05, 0) is 74.0 Å². The molecule has 2 saturated heterocycles. The third kappa shape index (κ3) is 7.41. The molecule has 290 valence electrons. The Morgan fingerprint density at radius 2 is 1.79 bits per heavy atom. The van der Waals surface area contributed by atoms with E-state index in [0.29, 0.717) is 43.6 Å². The zero-order chi connectivity index (χ0) is 38.3. The highest BCUT2D eigenvalue weighted by atomic mass is 16.7. The molecule has 53 heavy (non-hydrogen) atoms. The molecule has 0 aromatic carbocycles. The van der Waals surface area contributed by atoms with Crippen molar-refractivity contribution in [2.75, 3.05) is 6.54 Å². The molecule has 2 bridgehead atoms. The summed E-state index contributed by atoms with van der Waals surface area (Å²) in [6.07, 6.45) is 14.9. The summed E-state index contributed by atoms with van der Waals surface area (Å²) < 4.78 is 13.4. The van der Waals surface area contributed by atoms with Gasteiger partial charge in [-0.2, -0.15) is 0 Å². The van der Waals surface area contributed by atoms with Crippen LogP contribution in [0.3, 0.4) is 0 Å². The van der Waals surface area contributed by atoms with Gasteiger partial charge in [-0.25, -0.2) is 4.98 Å². The Kier molecular flexibility index (Phi) is 11.5. The number of amides is 4. The number of carbonyl (C=O) groups is 4. The highest BCUT2D eigenvalue weighted by Gasteiger charge is 2.68. The van der Waals surface area contributed by atoms with Gasteiger partial charge in [-0.1, -0.05) is 79.7 Å². The fourth-order valence-electron chi connectivity index (χ4n) is 10.2. The first-order chi connectivity index (χ1) is 25.1. The molecule has 1 aromatic rings. The minimum Gasteiger partial charge on any atom is -0.404 e. The third-order valence-corrected chi connectivity index (χ3v) is 13.8. The summed E-state index contributed by atoms with van der Waals surface area (Å²) in [5.74, 6) is -1.18. The Bertz CT molecular complexity index is 1540. The zero-order valence-electron chi connectivity index (χ0n) is 32.9. The number of nitrogens with one attached hydrogen (secondary N) is 3. The van der Waals surface area contributed by atoms with Crippen LogP contribution in [-0.2, 0) is 23.7 Å². The molecule has 7 rings (SSSR count). The van der Waals surface area contributed by atoms with Crippen molar-refractivity contribution in [1.29, 1.82) is 0 Å². The minimum atomic E-state index is -1.25. The molecular weight excluding hydrogens is 671 g/mol. The summed E-state index contributed by atoms with van der Waals surface area (Å²) in [5.41, 5.74) is -1.38. The largest absolute Gasteiger partial charge is 0.482 e. The molecule has 3 N–H and O–H groups in total. The normalized spacial score (nSPS) is 31.0. The number of nitrogens with zero attached hydrogens (tertiary/aromatic N) is 3. The van der Waals surface area contributed by atoms with Crippen molar-refractivity contribution < 1.29 is 28.5 Å².